The van der Waals surface area contributed by atoms with Gasteiger partial charge in [0.25, 0.3) is 0 Å². The van der Waals surface area contributed by atoms with Gasteiger partial charge in [-0.3, -0.25) is 9.63 Å². The molecule has 1 saturated heterocycles. The molecule has 1 heterocycles. The zero-order valence-corrected chi connectivity index (χ0v) is 16.9. The predicted molar refractivity (Wildman–Crippen MR) is 108 cm³/mol. The number of thioether (sulfide) groups is 1. The summed E-state index contributed by atoms with van der Waals surface area (Å²) in [5.74, 6) is 3.82. The molecule has 6 aliphatic rings. The van der Waals surface area contributed by atoms with Gasteiger partial charge in [-0.15, -0.1) is 0 Å². The van der Waals surface area contributed by atoms with Crippen molar-refractivity contribution in [1.82, 2.24) is 5.48 Å². The fourth-order valence-electron chi connectivity index (χ4n) is 7.44. The Kier molecular flexibility index (Phi) is 4.14. The Morgan fingerprint density at radius 2 is 2.07 bits per heavy atom. The summed E-state index contributed by atoms with van der Waals surface area (Å²) < 4.78 is 0. The smallest absolute Gasteiger partial charge is 0.223 e. The average Bonchev–Trinajstić information content (AvgIpc) is 3.21. The Morgan fingerprint density at radius 1 is 1.15 bits per heavy atom. The minimum atomic E-state index is -0.519. The van der Waals surface area contributed by atoms with Gasteiger partial charge in [0.1, 0.15) is 0 Å². The summed E-state index contributed by atoms with van der Waals surface area (Å²) in [4.78, 5) is 19.7. The third-order valence-corrected chi connectivity index (χ3v) is 10.2. The minimum Gasteiger partial charge on any atom is -0.286 e. The molecule has 0 spiro atoms. The first-order valence-corrected chi connectivity index (χ1v) is 12.1. The molecule has 4 heteroatoms. The van der Waals surface area contributed by atoms with Gasteiger partial charge >= 0.3 is 0 Å². The van der Waals surface area contributed by atoms with Crippen molar-refractivity contribution in [2.24, 2.45) is 35.5 Å². The Labute approximate surface area is 166 Å². The lowest BCUT2D eigenvalue weighted by Crippen LogP contribution is -2.51. The van der Waals surface area contributed by atoms with E-state index in [0.29, 0.717) is 34.0 Å². The lowest BCUT2D eigenvalue weighted by molar-refractivity contribution is -0.151. The molecular weight excluding hydrogens is 354 g/mol. The van der Waals surface area contributed by atoms with Crippen LogP contribution in [0.5, 0.6) is 0 Å². The number of hydrogen-bond acceptors (Lipinski definition) is 4. The van der Waals surface area contributed by atoms with Crippen LogP contribution in [-0.4, -0.2) is 22.5 Å². The number of hydrogen-bond donors (Lipinski definition) is 1. The van der Waals surface area contributed by atoms with Gasteiger partial charge in [0.2, 0.25) is 5.12 Å². The van der Waals surface area contributed by atoms with Gasteiger partial charge in [0.05, 0.1) is 0 Å². The van der Waals surface area contributed by atoms with Gasteiger partial charge in [-0.05, 0) is 69.1 Å². The van der Waals surface area contributed by atoms with Crippen LogP contribution >= 0.6 is 11.8 Å². The number of nitrogens with one attached hydrogen (secondary N) is 1. The number of fused-ring (bicyclic) bond motifs is 7. The molecule has 0 amide bonds. The van der Waals surface area contributed by atoms with Crippen molar-refractivity contribution in [2.75, 3.05) is 6.54 Å². The summed E-state index contributed by atoms with van der Waals surface area (Å²) in [7, 11) is 0. The first-order chi connectivity index (χ1) is 13.3. The predicted octanol–water partition coefficient (Wildman–Crippen LogP) is 4.65. The largest absolute Gasteiger partial charge is 0.286 e. The summed E-state index contributed by atoms with van der Waals surface area (Å²) in [5, 5.41) is 0.920. The van der Waals surface area contributed by atoms with Crippen LogP contribution in [-0.2, 0) is 9.63 Å². The molecule has 4 saturated carbocycles. The summed E-state index contributed by atoms with van der Waals surface area (Å²) in [6.45, 7) is 0.871. The molecule has 7 unspecified atom stereocenters. The lowest BCUT2D eigenvalue weighted by Gasteiger charge is -2.49. The van der Waals surface area contributed by atoms with Gasteiger partial charge in [-0.1, -0.05) is 42.0 Å². The molecule has 27 heavy (non-hydrogen) atoms. The highest BCUT2D eigenvalue weighted by atomic mass is 32.2. The SMILES string of the molecule is O=C(SC1CCC1)C12ONCC1CC1C3CCC4=CCC=CC4C3CCC12. The molecule has 0 bridgehead atoms. The third kappa shape index (κ3) is 2.45. The molecule has 146 valence electrons. The van der Waals surface area contributed by atoms with E-state index in [4.69, 9.17) is 4.84 Å². The molecule has 1 aliphatic heterocycles. The molecule has 0 aromatic rings. The normalized spacial score (nSPS) is 48.1. The molecule has 0 radical (unpaired) electrons. The van der Waals surface area contributed by atoms with Crippen molar-refractivity contribution >= 4 is 16.9 Å². The van der Waals surface area contributed by atoms with Gasteiger partial charge in [0.15, 0.2) is 5.60 Å². The van der Waals surface area contributed by atoms with E-state index in [9.17, 15) is 4.79 Å². The van der Waals surface area contributed by atoms with E-state index >= 15 is 0 Å². The maximum Gasteiger partial charge on any atom is 0.223 e. The summed E-state index contributed by atoms with van der Waals surface area (Å²) in [6, 6.07) is 0. The van der Waals surface area contributed by atoms with Crippen LogP contribution in [0.3, 0.4) is 0 Å². The van der Waals surface area contributed by atoms with Gasteiger partial charge < -0.3 is 0 Å². The number of carbonyl (C=O) groups is 1. The highest BCUT2D eigenvalue weighted by Crippen LogP contribution is 2.63. The zero-order chi connectivity index (χ0) is 18.0. The van der Waals surface area contributed by atoms with E-state index in [1.54, 1.807) is 17.3 Å². The Bertz CT molecular complexity index is 698. The van der Waals surface area contributed by atoms with E-state index in [0.717, 1.165) is 24.8 Å². The molecule has 0 aromatic carbocycles. The van der Waals surface area contributed by atoms with E-state index in [2.05, 4.69) is 23.7 Å². The van der Waals surface area contributed by atoms with Crippen molar-refractivity contribution in [3.05, 3.63) is 23.8 Å². The zero-order valence-electron chi connectivity index (χ0n) is 16.1. The Balaban J connectivity index is 1.28. The van der Waals surface area contributed by atoms with Gasteiger partial charge in [0, 0.05) is 29.5 Å². The van der Waals surface area contributed by atoms with Crippen molar-refractivity contribution in [3.8, 4) is 0 Å². The monoisotopic (exact) mass is 385 g/mol. The second-order valence-electron chi connectivity index (χ2n) is 9.82. The highest BCUT2D eigenvalue weighted by Gasteiger charge is 2.66. The average molecular weight is 386 g/mol. The van der Waals surface area contributed by atoms with Crippen molar-refractivity contribution in [3.63, 3.8) is 0 Å². The molecule has 5 aliphatic carbocycles. The minimum absolute atomic E-state index is 0.363. The second kappa shape index (κ2) is 6.47. The standard InChI is InChI=1S/C23H31NO2S/c25-22(27-16-5-3-6-16)23-15(13-24-26-23)12-20-19-9-8-14-4-1-2-7-17(14)18(19)10-11-21(20)23/h2,4,7,15-21,24H,1,3,5-6,8-13H2. The van der Waals surface area contributed by atoms with Crippen LogP contribution in [0.25, 0.3) is 0 Å². The maximum atomic E-state index is 13.5. The van der Waals surface area contributed by atoms with Crippen LogP contribution in [0.4, 0.5) is 0 Å². The van der Waals surface area contributed by atoms with Crippen LogP contribution in [0.15, 0.2) is 23.8 Å². The first kappa shape index (κ1) is 17.3. The van der Waals surface area contributed by atoms with Crippen LogP contribution in [0.1, 0.15) is 57.8 Å². The van der Waals surface area contributed by atoms with E-state index in [-0.39, 0.29) is 0 Å². The molecule has 7 atom stereocenters. The van der Waals surface area contributed by atoms with Crippen LogP contribution in [0, 0.1) is 35.5 Å². The number of hydroxylamine groups is 1. The Morgan fingerprint density at radius 3 is 2.93 bits per heavy atom. The van der Waals surface area contributed by atoms with E-state index < -0.39 is 5.60 Å². The number of allylic oxidation sites excluding steroid dienone is 4. The summed E-state index contributed by atoms with van der Waals surface area (Å²) >= 11 is 1.63. The Hall–Kier alpha value is -0.580. The molecular formula is C23H31NO2S. The fourth-order valence-corrected chi connectivity index (χ4v) is 8.86. The van der Waals surface area contributed by atoms with E-state index in [1.807, 2.05) is 0 Å². The first-order valence-electron chi connectivity index (χ1n) is 11.2. The van der Waals surface area contributed by atoms with Crippen molar-refractivity contribution in [2.45, 2.75) is 68.6 Å². The van der Waals surface area contributed by atoms with E-state index in [1.165, 1.54) is 51.4 Å². The topological polar surface area (TPSA) is 38.3 Å². The van der Waals surface area contributed by atoms with Gasteiger partial charge in [-0.25, -0.2) is 5.48 Å². The summed E-state index contributed by atoms with van der Waals surface area (Å²) in [6.07, 6.45) is 18.5. The molecule has 1 N–H and O–H groups in total. The highest BCUT2D eigenvalue weighted by molar-refractivity contribution is 8.14. The maximum absolute atomic E-state index is 13.5. The van der Waals surface area contributed by atoms with Gasteiger partial charge in [-0.2, -0.15) is 0 Å². The van der Waals surface area contributed by atoms with Crippen LogP contribution < -0.4 is 5.48 Å². The molecule has 3 nitrogen and oxygen atoms in total. The lowest BCUT2D eigenvalue weighted by atomic mass is 9.56. The number of rotatable bonds is 2. The molecule has 5 fully saturated rings. The molecule has 0 aromatic heterocycles. The number of carbonyl (C=O) groups excluding carboxylic acids is 1. The van der Waals surface area contributed by atoms with Crippen molar-refractivity contribution in [1.29, 1.82) is 0 Å². The molecule has 6 rings (SSSR count). The quantitative estimate of drug-likeness (QED) is 0.703. The second-order valence-corrected chi connectivity index (χ2v) is 11.1. The van der Waals surface area contributed by atoms with Crippen molar-refractivity contribution < 1.29 is 9.63 Å². The fraction of sp³-hybridized carbons (Fsp3) is 0.783. The van der Waals surface area contributed by atoms with Crippen LogP contribution in [0.2, 0.25) is 0 Å². The third-order valence-electron chi connectivity index (χ3n) is 8.87. The summed E-state index contributed by atoms with van der Waals surface area (Å²) in [5.41, 5.74) is 4.34.